The number of aromatic hydroxyl groups is 1. The molecule has 0 saturated carbocycles. The molecule has 0 heterocycles. The van der Waals surface area contributed by atoms with Gasteiger partial charge in [0.25, 0.3) is 10.1 Å². The van der Waals surface area contributed by atoms with Crippen molar-refractivity contribution >= 4 is 54.5 Å². The summed E-state index contributed by atoms with van der Waals surface area (Å²) in [7, 11) is -7.61. The summed E-state index contributed by atoms with van der Waals surface area (Å²) in [6.45, 7) is 9.24. The third-order valence-electron chi connectivity index (χ3n) is 3.68. The van der Waals surface area contributed by atoms with Crippen molar-refractivity contribution in [2.45, 2.75) is 39.5 Å². The number of anilines is 1. The van der Waals surface area contributed by atoms with Gasteiger partial charge in [0.15, 0.2) is 5.75 Å². The molecule has 0 aromatic heterocycles. The van der Waals surface area contributed by atoms with Crippen LogP contribution in [0.3, 0.4) is 0 Å². The highest BCUT2D eigenvalue weighted by molar-refractivity contribution is 7.85. The highest BCUT2D eigenvalue weighted by atomic mass is 32.2. The first-order valence-corrected chi connectivity index (χ1v) is 12.7. The quantitative estimate of drug-likeness (QED) is 0.306. The van der Waals surface area contributed by atoms with E-state index in [0.29, 0.717) is 11.1 Å². The van der Waals surface area contributed by atoms with Crippen LogP contribution >= 0.6 is 0 Å². The maximum atomic E-state index is 11.5. The van der Waals surface area contributed by atoms with Gasteiger partial charge in [-0.2, -0.15) is 13.5 Å². The summed E-state index contributed by atoms with van der Waals surface area (Å²) < 4.78 is 57.6. The lowest BCUT2D eigenvalue weighted by Gasteiger charge is -2.12. The fourth-order valence-corrected chi connectivity index (χ4v) is 3.08. The van der Waals surface area contributed by atoms with E-state index >= 15 is 0 Å². The Kier molecular flexibility index (Phi) is 13.7. The predicted molar refractivity (Wildman–Crippen MR) is 133 cm³/mol. The smallest absolute Gasteiger partial charge is 0.425 e. The summed E-state index contributed by atoms with van der Waals surface area (Å²) in [5.41, 5.74) is 0.750. The van der Waals surface area contributed by atoms with E-state index in [1.165, 1.54) is 25.1 Å². The minimum absolute atomic E-state index is 0.0295. The van der Waals surface area contributed by atoms with Crippen molar-refractivity contribution in [3.05, 3.63) is 54.6 Å². The van der Waals surface area contributed by atoms with Crippen LogP contribution < -0.4 is 5.32 Å². The van der Waals surface area contributed by atoms with Crippen LogP contribution in [0.2, 0.25) is 0 Å². The second-order valence-corrected chi connectivity index (χ2v) is 7.73. The van der Waals surface area contributed by atoms with Crippen LogP contribution in [-0.2, 0) is 25.5 Å². The number of hydrogen-bond acceptors (Lipinski definition) is 9. The molecule has 0 radical (unpaired) electrons. The largest absolute Gasteiger partial charge is 0.505 e. The standard InChI is InChI=1S/C18H15N3O5S.2C2H6.O3S/c1-11(22)19-16-10-14(27(24,25)26)9-12-7-8-15(18(23)17(12)16)21-20-13-5-3-2-4-6-13;2*1-2;1-4(2)3/h2-10,23H,1H3,(H,19,22)(H,24,25,26);2*1-2H3;. The van der Waals surface area contributed by atoms with E-state index in [4.69, 9.17) is 12.6 Å². The van der Waals surface area contributed by atoms with Crippen molar-refractivity contribution in [2.24, 2.45) is 10.2 Å². The van der Waals surface area contributed by atoms with Crippen molar-refractivity contribution < 1.29 is 35.5 Å². The summed E-state index contributed by atoms with van der Waals surface area (Å²) in [5.74, 6) is -0.752. The molecule has 35 heavy (non-hydrogen) atoms. The van der Waals surface area contributed by atoms with Gasteiger partial charge in [-0.15, -0.1) is 17.7 Å². The van der Waals surface area contributed by atoms with Gasteiger partial charge < -0.3 is 10.4 Å². The zero-order valence-electron chi connectivity index (χ0n) is 19.8. The van der Waals surface area contributed by atoms with Gasteiger partial charge in [0, 0.05) is 12.3 Å². The van der Waals surface area contributed by atoms with E-state index in [9.17, 15) is 22.9 Å². The topological polar surface area (TPSA) is 180 Å². The maximum Gasteiger partial charge on any atom is 0.425 e. The van der Waals surface area contributed by atoms with Crippen molar-refractivity contribution in [1.82, 2.24) is 0 Å². The first-order chi connectivity index (χ1) is 16.5. The number of fused-ring (bicyclic) bond motifs is 1. The number of hydrogen-bond donors (Lipinski definition) is 3. The zero-order valence-corrected chi connectivity index (χ0v) is 21.4. The molecule has 3 aromatic carbocycles. The van der Waals surface area contributed by atoms with E-state index in [1.807, 2.05) is 33.8 Å². The van der Waals surface area contributed by atoms with E-state index < -0.39 is 31.5 Å². The molecule has 0 atom stereocenters. The summed E-state index contributed by atoms with van der Waals surface area (Å²) in [6.07, 6.45) is 0. The van der Waals surface area contributed by atoms with E-state index in [1.54, 1.807) is 24.3 Å². The maximum absolute atomic E-state index is 11.5. The monoisotopic (exact) mass is 525 g/mol. The molecule has 3 N–H and O–H groups in total. The van der Waals surface area contributed by atoms with Crippen LogP contribution in [0, 0.1) is 0 Å². The molecule has 0 aliphatic carbocycles. The lowest BCUT2D eigenvalue weighted by molar-refractivity contribution is -0.114. The molecule has 0 aliphatic heterocycles. The van der Waals surface area contributed by atoms with Crippen molar-refractivity contribution in [2.75, 3.05) is 5.32 Å². The third kappa shape index (κ3) is 10.4. The van der Waals surface area contributed by atoms with Gasteiger partial charge in [-0.1, -0.05) is 52.0 Å². The Bertz CT molecular complexity index is 1370. The van der Waals surface area contributed by atoms with E-state index in [-0.39, 0.29) is 22.5 Å². The number of benzene rings is 3. The summed E-state index contributed by atoms with van der Waals surface area (Å²) in [6, 6.07) is 14.1. The molecule has 0 aliphatic rings. The second-order valence-electron chi connectivity index (χ2n) is 5.90. The average Bonchev–Trinajstić information content (AvgIpc) is 2.80. The fraction of sp³-hybridized carbons (Fsp3) is 0.227. The zero-order chi connectivity index (χ0) is 27.2. The molecule has 3 rings (SSSR count). The van der Waals surface area contributed by atoms with Crippen molar-refractivity contribution in [3.63, 3.8) is 0 Å². The molecule has 11 nitrogen and oxygen atoms in total. The highest BCUT2D eigenvalue weighted by Gasteiger charge is 2.18. The lowest BCUT2D eigenvalue weighted by Crippen LogP contribution is -2.08. The number of nitrogens with zero attached hydrogens (tertiary/aromatic N) is 2. The van der Waals surface area contributed by atoms with Gasteiger partial charge >= 0.3 is 10.6 Å². The molecule has 0 bridgehead atoms. The van der Waals surface area contributed by atoms with Crippen LogP contribution in [0.25, 0.3) is 10.8 Å². The molecule has 1 amide bonds. The molecule has 190 valence electrons. The summed E-state index contributed by atoms with van der Waals surface area (Å²) in [5, 5.41) is 21.6. The van der Waals surface area contributed by atoms with Crippen LogP contribution in [0.4, 0.5) is 17.1 Å². The fourth-order valence-electron chi connectivity index (χ4n) is 2.53. The third-order valence-corrected chi connectivity index (χ3v) is 4.51. The van der Waals surface area contributed by atoms with Crippen molar-refractivity contribution in [3.8, 4) is 5.75 Å². The Morgan fingerprint density at radius 2 is 1.46 bits per heavy atom. The Morgan fingerprint density at radius 1 is 0.914 bits per heavy atom. The number of azo groups is 1. The molecular weight excluding hydrogens is 498 g/mol. The lowest BCUT2D eigenvalue weighted by atomic mass is 10.1. The summed E-state index contributed by atoms with van der Waals surface area (Å²) >= 11 is 0. The van der Waals surface area contributed by atoms with Gasteiger partial charge in [-0.05, 0) is 35.7 Å². The number of carbonyl (C=O) groups is 1. The molecule has 0 saturated heterocycles. The van der Waals surface area contributed by atoms with Crippen LogP contribution in [-0.4, -0.2) is 36.6 Å². The Hall–Kier alpha value is -3.68. The summed E-state index contributed by atoms with van der Waals surface area (Å²) in [4.78, 5) is 11.1. The molecule has 0 unspecified atom stereocenters. The van der Waals surface area contributed by atoms with Crippen LogP contribution in [0.5, 0.6) is 5.75 Å². The number of rotatable bonds is 4. The van der Waals surface area contributed by atoms with E-state index in [2.05, 4.69) is 15.5 Å². The molecular formula is C22H27N3O8S2. The van der Waals surface area contributed by atoms with E-state index in [0.717, 1.165) is 6.07 Å². The number of carbonyl (C=O) groups excluding carboxylic acids is 1. The van der Waals surface area contributed by atoms with Gasteiger partial charge in [0.05, 0.1) is 16.3 Å². The Morgan fingerprint density at radius 3 is 1.94 bits per heavy atom. The average molecular weight is 526 g/mol. The van der Waals surface area contributed by atoms with Crippen LogP contribution in [0.15, 0.2) is 69.7 Å². The number of phenols is 1. The predicted octanol–water partition coefficient (Wildman–Crippen LogP) is 5.21. The van der Waals surface area contributed by atoms with Crippen molar-refractivity contribution in [1.29, 1.82) is 0 Å². The van der Waals surface area contributed by atoms with Gasteiger partial charge in [-0.3, -0.25) is 9.35 Å². The molecule has 0 fully saturated rings. The highest BCUT2D eigenvalue weighted by Crippen LogP contribution is 2.41. The normalized spacial score (nSPS) is 10.1. The van der Waals surface area contributed by atoms with Crippen LogP contribution in [0.1, 0.15) is 34.6 Å². The Balaban J connectivity index is 0.00000129. The minimum Gasteiger partial charge on any atom is -0.505 e. The van der Waals surface area contributed by atoms with Gasteiger partial charge in [-0.25, -0.2) is 0 Å². The number of nitrogens with one attached hydrogen (secondary N) is 1. The Labute approximate surface area is 205 Å². The molecule has 3 aromatic rings. The first-order valence-electron chi connectivity index (χ1n) is 10.3. The SMILES string of the molecule is CC.CC.CC(=O)Nc1cc(S(=O)(=O)O)cc2ccc(N=Nc3ccccc3)c(O)c12.O=S(=O)=O. The van der Waals surface area contributed by atoms with Gasteiger partial charge in [0.2, 0.25) is 5.91 Å². The molecule has 13 heteroatoms. The number of amides is 1. The second kappa shape index (κ2) is 15.3. The number of phenolic OH excluding ortho intramolecular Hbond substituents is 1. The minimum atomic E-state index is -4.50. The van der Waals surface area contributed by atoms with Gasteiger partial charge in [0.1, 0.15) is 5.69 Å². The molecule has 0 spiro atoms. The first kappa shape index (κ1) is 31.3.